The van der Waals surface area contributed by atoms with Crippen molar-refractivity contribution in [1.82, 2.24) is 0 Å². The number of esters is 1. The Morgan fingerprint density at radius 2 is 1.72 bits per heavy atom. The number of carbonyl (C=O) groups is 1. The Morgan fingerprint density at radius 1 is 1.17 bits per heavy atom. The fourth-order valence-corrected chi connectivity index (χ4v) is 1.56. The van der Waals surface area contributed by atoms with Crippen LogP contribution in [0.25, 0.3) is 0 Å². The average Bonchev–Trinajstić information content (AvgIpc) is 2.19. The van der Waals surface area contributed by atoms with Gasteiger partial charge in [0, 0.05) is 6.08 Å². The van der Waals surface area contributed by atoms with E-state index in [0.29, 0.717) is 6.61 Å². The van der Waals surface area contributed by atoms with Crippen LogP contribution in [0.2, 0.25) is 0 Å². The third-order valence-electron chi connectivity index (χ3n) is 2.58. The minimum absolute atomic E-state index is 0.0791. The smallest absolute Gasteiger partial charge is 0.330 e. The van der Waals surface area contributed by atoms with E-state index in [1.807, 2.05) is 0 Å². The Hall–Kier alpha value is -0.830. The van der Waals surface area contributed by atoms with Gasteiger partial charge in [-0.05, 0) is 17.3 Å². The minimum atomic E-state index is -0.401. The summed E-state index contributed by atoms with van der Waals surface area (Å²) >= 11 is 0. The molecule has 1 atom stereocenters. The molecule has 0 heterocycles. The number of ether oxygens (including phenoxy) is 2. The highest BCUT2D eigenvalue weighted by Crippen LogP contribution is 2.32. The van der Waals surface area contributed by atoms with Crippen molar-refractivity contribution < 1.29 is 14.3 Å². The highest BCUT2D eigenvalue weighted by molar-refractivity contribution is 5.81. The predicted octanol–water partition coefficient (Wildman–Crippen LogP) is 3.58. The second-order valence-electron chi connectivity index (χ2n) is 6.86. The molecule has 0 rings (SSSR count). The standard InChI is InChI=1S/C15H28O3/c1-8-13(16)18-10-9-17-12(15(5,6)7)11-14(2,3)4/h8,12H,1,9-11H2,2-7H3. The zero-order valence-electron chi connectivity index (χ0n) is 12.7. The summed E-state index contributed by atoms with van der Waals surface area (Å²) in [4.78, 5) is 10.9. The van der Waals surface area contributed by atoms with Gasteiger partial charge in [-0.2, -0.15) is 0 Å². The summed E-state index contributed by atoms with van der Waals surface area (Å²) in [6, 6.07) is 0. The van der Waals surface area contributed by atoms with Crippen LogP contribution in [0, 0.1) is 10.8 Å². The van der Waals surface area contributed by atoms with Gasteiger partial charge in [0.1, 0.15) is 6.61 Å². The Labute approximate surface area is 112 Å². The molecule has 0 aromatic carbocycles. The van der Waals surface area contributed by atoms with Crippen LogP contribution < -0.4 is 0 Å². The van der Waals surface area contributed by atoms with Gasteiger partial charge in [0.15, 0.2) is 0 Å². The van der Waals surface area contributed by atoms with E-state index < -0.39 is 5.97 Å². The zero-order valence-corrected chi connectivity index (χ0v) is 12.7. The molecule has 0 N–H and O–H groups in total. The lowest BCUT2D eigenvalue weighted by molar-refractivity contribution is -0.141. The quantitative estimate of drug-likeness (QED) is 0.414. The van der Waals surface area contributed by atoms with Crippen LogP contribution in [-0.2, 0) is 14.3 Å². The van der Waals surface area contributed by atoms with E-state index in [0.717, 1.165) is 12.5 Å². The fraction of sp³-hybridized carbons (Fsp3) is 0.800. The Balaban J connectivity index is 4.19. The van der Waals surface area contributed by atoms with Gasteiger partial charge in [0.25, 0.3) is 0 Å². The maximum Gasteiger partial charge on any atom is 0.330 e. The first-order valence-corrected chi connectivity index (χ1v) is 6.47. The van der Waals surface area contributed by atoms with E-state index in [-0.39, 0.29) is 23.5 Å². The Morgan fingerprint density at radius 3 is 2.11 bits per heavy atom. The van der Waals surface area contributed by atoms with Gasteiger partial charge in [-0.25, -0.2) is 4.79 Å². The average molecular weight is 256 g/mol. The molecule has 0 amide bonds. The Bertz CT molecular complexity index is 268. The summed E-state index contributed by atoms with van der Waals surface area (Å²) in [5.74, 6) is -0.401. The number of rotatable bonds is 6. The third-order valence-corrected chi connectivity index (χ3v) is 2.58. The summed E-state index contributed by atoms with van der Waals surface area (Å²) in [6.07, 6.45) is 2.29. The molecule has 3 heteroatoms. The lowest BCUT2D eigenvalue weighted by Crippen LogP contribution is -2.34. The summed E-state index contributed by atoms with van der Waals surface area (Å²) in [7, 11) is 0. The van der Waals surface area contributed by atoms with Crippen LogP contribution in [0.4, 0.5) is 0 Å². The van der Waals surface area contributed by atoms with E-state index in [4.69, 9.17) is 9.47 Å². The molecule has 0 aliphatic carbocycles. The first-order chi connectivity index (χ1) is 8.06. The molecule has 3 nitrogen and oxygen atoms in total. The molecule has 0 saturated carbocycles. The molecule has 0 aromatic heterocycles. The summed E-state index contributed by atoms with van der Waals surface area (Å²) in [6.45, 7) is 17.2. The molecule has 0 radical (unpaired) electrons. The third kappa shape index (κ3) is 8.29. The van der Waals surface area contributed by atoms with Gasteiger partial charge < -0.3 is 9.47 Å². The van der Waals surface area contributed by atoms with E-state index in [9.17, 15) is 4.79 Å². The lowest BCUT2D eigenvalue weighted by atomic mass is 9.78. The largest absolute Gasteiger partial charge is 0.460 e. The van der Waals surface area contributed by atoms with Gasteiger partial charge >= 0.3 is 5.97 Å². The first-order valence-electron chi connectivity index (χ1n) is 6.47. The molecule has 0 spiro atoms. The van der Waals surface area contributed by atoms with Gasteiger partial charge in [-0.15, -0.1) is 0 Å². The van der Waals surface area contributed by atoms with Crippen molar-refractivity contribution in [3.63, 3.8) is 0 Å². The lowest BCUT2D eigenvalue weighted by Gasteiger charge is -2.35. The second kappa shape index (κ2) is 6.93. The van der Waals surface area contributed by atoms with Crippen LogP contribution >= 0.6 is 0 Å². The summed E-state index contributed by atoms with van der Waals surface area (Å²) in [5, 5.41) is 0. The fourth-order valence-electron chi connectivity index (χ4n) is 1.56. The number of hydrogen-bond donors (Lipinski definition) is 0. The number of carbonyl (C=O) groups excluding carboxylic acids is 1. The second-order valence-corrected chi connectivity index (χ2v) is 6.86. The van der Waals surface area contributed by atoms with Crippen LogP contribution in [0.5, 0.6) is 0 Å². The van der Waals surface area contributed by atoms with Gasteiger partial charge in [-0.3, -0.25) is 0 Å². The van der Waals surface area contributed by atoms with Crippen molar-refractivity contribution in [2.75, 3.05) is 13.2 Å². The zero-order chi connectivity index (χ0) is 14.4. The van der Waals surface area contributed by atoms with Crippen LogP contribution in [0.15, 0.2) is 12.7 Å². The molecule has 0 bridgehead atoms. The van der Waals surface area contributed by atoms with E-state index >= 15 is 0 Å². The normalized spacial score (nSPS) is 14.1. The maximum absolute atomic E-state index is 10.9. The molecule has 0 fully saturated rings. The Kier molecular flexibility index (Phi) is 6.61. The number of hydrogen-bond acceptors (Lipinski definition) is 3. The highest BCUT2D eigenvalue weighted by atomic mass is 16.6. The van der Waals surface area contributed by atoms with Crippen molar-refractivity contribution >= 4 is 5.97 Å². The van der Waals surface area contributed by atoms with Crippen LogP contribution in [0.3, 0.4) is 0 Å². The molecule has 1 unspecified atom stereocenters. The van der Waals surface area contributed by atoms with Gasteiger partial charge in [0.2, 0.25) is 0 Å². The molecule has 18 heavy (non-hydrogen) atoms. The van der Waals surface area contributed by atoms with Crippen molar-refractivity contribution in [1.29, 1.82) is 0 Å². The van der Waals surface area contributed by atoms with Crippen molar-refractivity contribution in [2.45, 2.75) is 54.1 Å². The van der Waals surface area contributed by atoms with Crippen LogP contribution in [-0.4, -0.2) is 25.3 Å². The topological polar surface area (TPSA) is 35.5 Å². The summed E-state index contributed by atoms with van der Waals surface area (Å²) < 4.78 is 10.8. The summed E-state index contributed by atoms with van der Waals surface area (Å²) in [5.41, 5.74) is 0.297. The molecular formula is C15H28O3. The molecule has 0 saturated heterocycles. The monoisotopic (exact) mass is 256 g/mol. The molecule has 0 aliphatic heterocycles. The minimum Gasteiger partial charge on any atom is -0.460 e. The van der Waals surface area contributed by atoms with E-state index in [2.05, 4.69) is 48.1 Å². The van der Waals surface area contributed by atoms with Crippen molar-refractivity contribution in [3.05, 3.63) is 12.7 Å². The first kappa shape index (κ1) is 17.2. The van der Waals surface area contributed by atoms with E-state index in [1.54, 1.807) is 0 Å². The molecule has 106 valence electrons. The molecular weight excluding hydrogens is 228 g/mol. The van der Waals surface area contributed by atoms with Crippen molar-refractivity contribution in [2.24, 2.45) is 10.8 Å². The highest BCUT2D eigenvalue weighted by Gasteiger charge is 2.29. The van der Waals surface area contributed by atoms with E-state index in [1.165, 1.54) is 0 Å². The predicted molar refractivity (Wildman–Crippen MR) is 74.4 cm³/mol. The molecule has 0 aromatic rings. The SMILES string of the molecule is C=CC(=O)OCCOC(CC(C)(C)C)C(C)(C)C. The van der Waals surface area contributed by atoms with Gasteiger partial charge in [-0.1, -0.05) is 48.1 Å². The van der Waals surface area contributed by atoms with Crippen molar-refractivity contribution in [3.8, 4) is 0 Å². The molecule has 0 aliphatic rings. The van der Waals surface area contributed by atoms with Crippen LogP contribution in [0.1, 0.15) is 48.0 Å². The maximum atomic E-state index is 10.9. The van der Waals surface area contributed by atoms with Gasteiger partial charge in [0.05, 0.1) is 12.7 Å².